The van der Waals surface area contributed by atoms with E-state index in [1.54, 1.807) is 18.2 Å². The van der Waals surface area contributed by atoms with Crippen molar-refractivity contribution < 1.29 is 8.91 Å². The summed E-state index contributed by atoms with van der Waals surface area (Å²) in [6, 6.07) is 16.0. The minimum absolute atomic E-state index is 0.00977. The Balaban J connectivity index is 1.35. The molecule has 0 radical (unpaired) electrons. The maximum atomic E-state index is 13.5. The predicted molar refractivity (Wildman–Crippen MR) is 122 cm³/mol. The molecule has 0 saturated carbocycles. The van der Waals surface area contributed by atoms with Crippen molar-refractivity contribution in [2.24, 2.45) is 0 Å². The molecule has 34 heavy (non-hydrogen) atoms. The van der Waals surface area contributed by atoms with E-state index in [9.17, 15) is 9.18 Å². The number of hydrogen-bond donors (Lipinski definition) is 0. The van der Waals surface area contributed by atoms with Gasteiger partial charge in [0, 0.05) is 30.4 Å². The number of nitrogens with zero attached hydrogens (tertiary/aromatic N) is 7. The molecule has 0 N–H and O–H groups in total. The second kappa shape index (κ2) is 7.91. The fourth-order valence-corrected chi connectivity index (χ4v) is 4.31. The van der Waals surface area contributed by atoms with E-state index in [0.29, 0.717) is 23.7 Å². The Bertz CT molecular complexity index is 1590. The summed E-state index contributed by atoms with van der Waals surface area (Å²) in [7, 11) is 0. The molecule has 5 aromatic rings. The van der Waals surface area contributed by atoms with Crippen molar-refractivity contribution in [2.45, 2.75) is 26.4 Å². The molecule has 0 bridgehead atoms. The first-order valence-electron chi connectivity index (χ1n) is 10.9. The Morgan fingerprint density at radius 3 is 2.76 bits per heavy atom. The topological polar surface area (TPSA) is 94.3 Å². The van der Waals surface area contributed by atoms with E-state index in [4.69, 9.17) is 4.52 Å². The van der Waals surface area contributed by atoms with Gasteiger partial charge in [-0.2, -0.15) is 4.98 Å². The zero-order chi connectivity index (χ0) is 23.2. The molecule has 10 heteroatoms. The van der Waals surface area contributed by atoms with Crippen LogP contribution in [0.2, 0.25) is 0 Å². The summed E-state index contributed by atoms with van der Waals surface area (Å²) in [5.74, 6) is 0.613. The van der Waals surface area contributed by atoms with Gasteiger partial charge in [0.2, 0.25) is 17.7 Å². The Kier molecular flexibility index (Phi) is 4.72. The van der Waals surface area contributed by atoms with Crippen LogP contribution in [0.3, 0.4) is 0 Å². The highest BCUT2D eigenvalue weighted by atomic mass is 19.1. The van der Waals surface area contributed by atoms with Crippen LogP contribution in [0.25, 0.3) is 17.0 Å². The smallest absolute Gasteiger partial charge is 0.337 e. The fourth-order valence-electron chi connectivity index (χ4n) is 4.31. The van der Waals surface area contributed by atoms with Gasteiger partial charge in [-0.05, 0) is 36.6 Å². The number of anilines is 1. The third kappa shape index (κ3) is 3.53. The maximum absolute atomic E-state index is 13.5. The molecule has 4 heterocycles. The van der Waals surface area contributed by atoms with Crippen molar-refractivity contribution in [3.63, 3.8) is 0 Å². The quantitative estimate of drug-likeness (QED) is 0.409. The lowest BCUT2D eigenvalue weighted by atomic mass is 10.0. The van der Waals surface area contributed by atoms with Crippen molar-refractivity contribution in [1.82, 2.24) is 29.3 Å². The minimum atomic E-state index is -0.392. The molecular weight excluding hydrogens is 437 g/mol. The number of fused-ring (bicyclic) bond motifs is 2. The zero-order valence-electron chi connectivity index (χ0n) is 18.3. The van der Waals surface area contributed by atoms with Gasteiger partial charge in [-0.3, -0.25) is 0 Å². The van der Waals surface area contributed by atoms with Crippen molar-refractivity contribution in [3.05, 3.63) is 93.6 Å². The minimum Gasteiger partial charge on any atom is -0.337 e. The number of benzene rings is 2. The van der Waals surface area contributed by atoms with Gasteiger partial charge in [0.05, 0.1) is 0 Å². The second-order valence-electron chi connectivity index (χ2n) is 8.29. The number of aryl methyl sites for hydroxylation is 1. The normalized spacial score (nSPS) is 13.4. The Hall–Kier alpha value is -4.34. The molecule has 170 valence electrons. The van der Waals surface area contributed by atoms with Crippen LogP contribution in [-0.2, 0) is 19.5 Å². The average Bonchev–Trinajstić information content (AvgIpc) is 3.43. The van der Waals surface area contributed by atoms with Crippen LogP contribution < -0.4 is 10.6 Å². The first-order valence-corrected chi connectivity index (χ1v) is 10.9. The largest absolute Gasteiger partial charge is 0.353 e. The molecule has 0 spiro atoms. The monoisotopic (exact) mass is 457 g/mol. The third-order valence-corrected chi connectivity index (χ3v) is 5.93. The summed E-state index contributed by atoms with van der Waals surface area (Å²) < 4.78 is 21.6. The molecule has 0 fully saturated rings. The van der Waals surface area contributed by atoms with Crippen molar-refractivity contribution in [3.8, 4) is 11.4 Å². The van der Waals surface area contributed by atoms with E-state index >= 15 is 0 Å². The zero-order valence-corrected chi connectivity index (χ0v) is 18.3. The number of halogens is 1. The fraction of sp³-hybridized carbons (Fsp3) is 0.208. The molecule has 6 rings (SSSR count). The van der Waals surface area contributed by atoms with E-state index in [0.717, 1.165) is 18.7 Å². The standard InChI is InChI=1S/C24H20FN7O2/c1-15-11-20-28-31(14-21-27-22(29-34-21)17-7-4-8-19(25)12-17)24(33)32(20)23(26-15)30-10-9-16-5-2-3-6-18(16)13-30/h2-8,11-12H,9-10,13-14H2,1H3. The predicted octanol–water partition coefficient (Wildman–Crippen LogP) is 3.00. The Morgan fingerprint density at radius 2 is 1.91 bits per heavy atom. The number of aromatic nitrogens is 6. The molecule has 0 amide bonds. The maximum Gasteiger partial charge on any atom is 0.353 e. The second-order valence-corrected chi connectivity index (χ2v) is 8.29. The van der Waals surface area contributed by atoms with Crippen LogP contribution in [0.1, 0.15) is 22.7 Å². The third-order valence-electron chi connectivity index (χ3n) is 5.93. The molecule has 2 aromatic carbocycles. The van der Waals surface area contributed by atoms with Gasteiger partial charge in [0.15, 0.2) is 5.65 Å². The average molecular weight is 457 g/mol. The molecule has 9 nitrogen and oxygen atoms in total. The SMILES string of the molecule is Cc1cc2nn(Cc3nc(-c4cccc(F)c4)no3)c(=O)n2c(N2CCc3ccccc3C2)n1. The van der Waals surface area contributed by atoms with E-state index in [2.05, 4.69) is 37.3 Å². The lowest BCUT2D eigenvalue weighted by Crippen LogP contribution is -2.35. The van der Waals surface area contributed by atoms with Crippen LogP contribution in [0.15, 0.2) is 63.9 Å². The van der Waals surface area contributed by atoms with Gasteiger partial charge in [0.1, 0.15) is 12.4 Å². The highest BCUT2D eigenvalue weighted by Gasteiger charge is 2.23. The molecule has 1 aliphatic rings. The first kappa shape index (κ1) is 20.3. The van der Waals surface area contributed by atoms with Crippen LogP contribution in [0.5, 0.6) is 0 Å². The highest BCUT2D eigenvalue weighted by Crippen LogP contribution is 2.23. The molecule has 0 aliphatic carbocycles. The van der Waals surface area contributed by atoms with Crippen LogP contribution in [0, 0.1) is 12.7 Å². The summed E-state index contributed by atoms with van der Waals surface area (Å²) in [5, 5.41) is 8.39. The molecule has 1 aliphatic heterocycles. The van der Waals surface area contributed by atoms with Crippen LogP contribution >= 0.6 is 0 Å². The van der Waals surface area contributed by atoms with Gasteiger partial charge in [-0.25, -0.2) is 23.3 Å². The molecule has 0 atom stereocenters. The Labute approximate surface area is 193 Å². The summed E-state index contributed by atoms with van der Waals surface area (Å²) in [4.78, 5) is 24.4. The van der Waals surface area contributed by atoms with E-state index in [1.807, 2.05) is 19.1 Å². The molecule has 3 aromatic heterocycles. The van der Waals surface area contributed by atoms with Gasteiger partial charge in [-0.1, -0.05) is 41.6 Å². The lowest BCUT2D eigenvalue weighted by Gasteiger charge is -2.29. The van der Waals surface area contributed by atoms with E-state index in [-0.39, 0.29) is 23.9 Å². The first-order chi connectivity index (χ1) is 16.5. The number of hydrogen-bond acceptors (Lipinski definition) is 7. The van der Waals surface area contributed by atoms with Gasteiger partial charge >= 0.3 is 5.69 Å². The van der Waals surface area contributed by atoms with E-state index < -0.39 is 5.82 Å². The van der Waals surface area contributed by atoms with E-state index in [1.165, 1.54) is 32.3 Å². The van der Waals surface area contributed by atoms with Crippen LogP contribution in [0.4, 0.5) is 10.3 Å². The molecule has 0 unspecified atom stereocenters. The van der Waals surface area contributed by atoms with Crippen molar-refractivity contribution >= 4 is 11.6 Å². The highest BCUT2D eigenvalue weighted by molar-refractivity contribution is 5.54. The number of rotatable bonds is 4. The summed E-state index contributed by atoms with van der Waals surface area (Å²) in [6.45, 7) is 3.29. The van der Waals surface area contributed by atoms with Gasteiger partial charge in [0.25, 0.3) is 0 Å². The van der Waals surface area contributed by atoms with Crippen LogP contribution in [-0.4, -0.2) is 35.9 Å². The summed E-state index contributed by atoms with van der Waals surface area (Å²) >= 11 is 0. The van der Waals surface area contributed by atoms with Gasteiger partial charge < -0.3 is 9.42 Å². The molecule has 0 saturated heterocycles. The summed E-state index contributed by atoms with van der Waals surface area (Å²) in [5.41, 5.74) is 3.95. The van der Waals surface area contributed by atoms with Crippen molar-refractivity contribution in [2.75, 3.05) is 11.4 Å². The Morgan fingerprint density at radius 1 is 1.06 bits per heavy atom. The van der Waals surface area contributed by atoms with Gasteiger partial charge in [-0.15, -0.1) is 5.10 Å². The molecular formula is C24H20FN7O2. The van der Waals surface area contributed by atoms with Crippen molar-refractivity contribution in [1.29, 1.82) is 0 Å². The lowest BCUT2D eigenvalue weighted by molar-refractivity contribution is 0.364. The summed E-state index contributed by atoms with van der Waals surface area (Å²) in [6.07, 6.45) is 0.876.